The molecule has 2 aromatic rings. The number of nitrogens with zero attached hydrogens (tertiary/aromatic N) is 6. The van der Waals surface area contributed by atoms with Crippen molar-refractivity contribution >= 4 is 35.3 Å². The zero-order chi connectivity index (χ0) is 26.2. The minimum atomic E-state index is -0.700. The normalized spacial score (nSPS) is 17.2. The highest BCUT2D eigenvalue weighted by Gasteiger charge is 2.25. The van der Waals surface area contributed by atoms with E-state index in [0.29, 0.717) is 37.9 Å². The summed E-state index contributed by atoms with van der Waals surface area (Å²) in [5.74, 6) is 0.382. The zero-order valence-electron chi connectivity index (χ0n) is 21.1. The molecule has 2 aliphatic heterocycles. The summed E-state index contributed by atoms with van der Waals surface area (Å²) in [5.41, 5.74) is 7.77. The molecule has 0 bridgehead atoms. The zero-order valence-corrected chi connectivity index (χ0v) is 21.1. The summed E-state index contributed by atoms with van der Waals surface area (Å²) in [7, 11) is 0. The van der Waals surface area contributed by atoms with Crippen molar-refractivity contribution < 1.29 is 9.90 Å². The molecule has 0 saturated carbocycles. The first-order chi connectivity index (χ1) is 18.0. The van der Waals surface area contributed by atoms with E-state index in [1.165, 1.54) is 0 Å². The number of nitriles is 1. The fraction of sp³-hybridized carbons (Fsp3) is 0.500. The van der Waals surface area contributed by atoms with Crippen LogP contribution in [0.4, 0.5) is 23.1 Å². The Hall–Kier alpha value is -3.75. The lowest BCUT2D eigenvalue weighted by Gasteiger charge is -2.31. The van der Waals surface area contributed by atoms with Crippen LogP contribution in [0.15, 0.2) is 24.3 Å². The van der Waals surface area contributed by atoms with Gasteiger partial charge in [0.1, 0.15) is 17.1 Å². The molecule has 11 heteroatoms. The number of carbonyl (C=O) groups excluding carboxylic acids is 1. The number of nitrogens with two attached hydrogens (primary N) is 1. The van der Waals surface area contributed by atoms with E-state index in [1.807, 2.05) is 29.2 Å². The number of carbonyl (C=O) groups is 1. The number of aliphatic hydroxyl groups is 1. The molecule has 3 heterocycles. The molecule has 2 aliphatic rings. The molecule has 0 atom stereocenters. The van der Waals surface area contributed by atoms with Crippen molar-refractivity contribution in [2.24, 2.45) is 11.7 Å². The second kappa shape index (κ2) is 12.5. The Morgan fingerprint density at radius 2 is 1.89 bits per heavy atom. The molecular formula is C26H35N9O2. The van der Waals surface area contributed by atoms with Crippen molar-refractivity contribution in [1.82, 2.24) is 14.9 Å². The average molecular weight is 506 g/mol. The highest BCUT2D eigenvalue weighted by molar-refractivity contribution is 6.04. The van der Waals surface area contributed by atoms with Crippen LogP contribution in [0.3, 0.4) is 0 Å². The Morgan fingerprint density at radius 3 is 2.54 bits per heavy atom. The molecule has 1 aromatic carbocycles. The Kier molecular flexibility index (Phi) is 8.87. The van der Waals surface area contributed by atoms with E-state index in [9.17, 15) is 9.90 Å². The number of hydrogen-bond acceptors (Lipinski definition) is 10. The van der Waals surface area contributed by atoms with Crippen LogP contribution in [0.2, 0.25) is 0 Å². The van der Waals surface area contributed by atoms with E-state index in [0.717, 1.165) is 63.0 Å². The Balaban J connectivity index is 1.52. The molecule has 1 aromatic heterocycles. The average Bonchev–Trinajstić information content (AvgIpc) is 3.15. The largest absolute Gasteiger partial charge is 0.395 e. The quantitative estimate of drug-likeness (QED) is 0.374. The molecule has 0 spiro atoms. The fourth-order valence-corrected chi connectivity index (χ4v) is 5.00. The van der Waals surface area contributed by atoms with Gasteiger partial charge in [-0.3, -0.25) is 9.69 Å². The maximum Gasteiger partial charge on any atom is 0.254 e. The first-order valence-electron chi connectivity index (χ1n) is 12.8. The number of aromatic nitrogens is 2. The number of nitrogens with one attached hydrogen (secondary N) is 2. The third-order valence-corrected chi connectivity index (χ3v) is 7.09. The molecule has 1 amide bonds. The summed E-state index contributed by atoms with van der Waals surface area (Å²) in [4.78, 5) is 28.0. The predicted octanol–water partition coefficient (Wildman–Crippen LogP) is 1.95. The van der Waals surface area contributed by atoms with Crippen molar-refractivity contribution in [3.63, 3.8) is 0 Å². The van der Waals surface area contributed by atoms with Crippen LogP contribution in [0.1, 0.15) is 41.7 Å². The number of piperidine rings is 1. The third kappa shape index (κ3) is 6.53. The van der Waals surface area contributed by atoms with E-state index in [2.05, 4.69) is 31.2 Å². The fourth-order valence-electron chi connectivity index (χ4n) is 5.00. The van der Waals surface area contributed by atoms with E-state index < -0.39 is 5.91 Å². The first-order valence-corrected chi connectivity index (χ1v) is 12.8. The van der Waals surface area contributed by atoms with E-state index in [-0.39, 0.29) is 23.7 Å². The summed E-state index contributed by atoms with van der Waals surface area (Å²) >= 11 is 0. The van der Waals surface area contributed by atoms with Crippen molar-refractivity contribution in [2.45, 2.75) is 25.7 Å². The van der Waals surface area contributed by atoms with Gasteiger partial charge in [0.2, 0.25) is 5.95 Å². The van der Waals surface area contributed by atoms with Crippen LogP contribution in [-0.2, 0) is 0 Å². The highest BCUT2D eigenvalue weighted by Crippen LogP contribution is 2.28. The topological polar surface area (TPSA) is 158 Å². The minimum absolute atomic E-state index is 0.0821. The second-order valence-electron chi connectivity index (χ2n) is 9.51. The number of anilines is 4. The Morgan fingerprint density at radius 1 is 1.14 bits per heavy atom. The number of hydrogen-bond donors (Lipinski definition) is 4. The predicted molar refractivity (Wildman–Crippen MR) is 144 cm³/mol. The smallest absolute Gasteiger partial charge is 0.254 e. The second-order valence-corrected chi connectivity index (χ2v) is 9.51. The van der Waals surface area contributed by atoms with Crippen molar-refractivity contribution in [3.05, 3.63) is 35.5 Å². The van der Waals surface area contributed by atoms with Gasteiger partial charge in [0.25, 0.3) is 5.91 Å². The lowest BCUT2D eigenvalue weighted by Crippen LogP contribution is -2.35. The van der Waals surface area contributed by atoms with Crippen LogP contribution in [-0.4, -0.2) is 84.5 Å². The lowest BCUT2D eigenvalue weighted by molar-refractivity contribution is 0.100. The molecule has 5 N–H and O–H groups in total. The van der Waals surface area contributed by atoms with Crippen LogP contribution in [0.25, 0.3) is 0 Å². The van der Waals surface area contributed by atoms with Crippen molar-refractivity contribution in [3.8, 4) is 6.07 Å². The number of benzene rings is 1. The molecule has 2 fully saturated rings. The maximum atomic E-state index is 12.3. The number of aliphatic hydroxyl groups excluding tert-OH is 1. The number of rotatable bonds is 9. The summed E-state index contributed by atoms with van der Waals surface area (Å²) in [5, 5.41) is 29.3. The van der Waals surface area contributed by atoms with Gasteiger partial charge >= 0.3 is 0 Å². The first kappa shape index (κ1) is 26.3. The van der Waals surface area contributed by atoms with Gasteiger partial charge in [-0.1, -0.05) is 0 Å². The van der Waals surface area contributed by atoms with Gasteiger partial charge in [-0.2, -0.15) is 10.2 Å². The highest BCUT2D eigenvalue weighted by atomic mass is 16.3. The van der Waals surface area contributed by atoms with E-state index in [1.54, 1.807) is 0 Å². The molecule has 196 valence electrons. The Labute approximate surface area is 217 Å². The SMILES string of the molecule is N#CCC1CCN(c2nc(C=N)c(C(N)=O)c(Nc3ccc(N4CCCN(CCO)CC4)cc3)n2)CC1. The summed E-state index contributed by atoms with van der Waals surface area (Å²) in [6.07, 6.45) is 4.34. The third-order valence-electron chi connectivity index (χ3n) is 7.09. The van der Waals surface area contributed by atoms with Gasteiger partial charge in [0.15, 0.2) is 0 Å². The van der Waals surface area contributed by atoms with Gasteiger partial charge in [-0.05, 0) is 56.0 Å². The molecule has 11 nitrogen and oxygen atoms in total. The molecule has 2 saturated heterocycles. The number of β-amino-alcohol motifs (C(OH)–C–C–N with tert-alkyl or cyclic N) is 1. The standard InChI is InChI=1S/C26H35N9O2/c27-9-6-19-7-12-35(13-8-19)26-31-22(18-28)23(24(29)37)25(32-26)30-20-2-4-21(5-3-20)34-11-1-10-33(14-15-34)16-17-36/h2-5,18-19,28,36H,1,6-8,10-17H2,(H2,29,37)(H,30,31,32). The van der Waals surface area contributed by atoms with Gasteiger partial charge in [-0.15, -0.1) is 0 Å². The van der Waals surface area contributed by atoms with E-state index >= 15 is 0 Å². The summed E-state index contributed by atoms with van der Waals surface area (Å²) < 4.78 is 0. The molecule has 0 radical (unpaired) electrons. The molecule has 4 rings (SSSR count). The van der Waals surface area contributed by atoms with Gasteiger partial charge in [0.05, 0.1) is 12.7 Å². The maximum absolute atomic E-state index is 12.3. The van der Waals surface area contributed by atoms with Gasteiger partial charge in [0, 0.05) is 63.3 Å². The minimum Gasteiger partial charge on any atom is -0.395 e. The molecular weight excluding hydrogens is 470 g/mol. The van der Waals surface area contributed by atoms with Gasteiger partial charge in [-0.25, -0.2) is 4.98 Å². The van der Waals surface area contributed by atoms with Crippen LogP contribution < -0.4 is 20.9 Å². The number of amides is 1. The molecule has 0 aliphatic carbocycles. The van der Waals surface area contributed by atoms with Crippen molar-refractivity contribution in [1.29, 1.82) is 10.7 Å². The molecule has 0 unspecified atom stereocenters. The van der Waals surface area contributed by atoms with E-state index in [4.69, 9.17) is 16.4 Å². The monoisotopic (exact) mass is 505 g/mol. The van der Waals surface area contributed by atoms with Crippen LogP contribution in [0.5, 0.6) is 0 Å². The van der Waals surface area contributed by atoms with Crippen LogP contribution >= 0.6 is 0 Å². The summed E-state index contributed by atoms with van der Waals surface area (Å²) in [6, 6.07) is 10.2. The number of primary amides is 1. The Bertz CT molecular complexity index is 1120. The summed E-state index contributed by atoms with van der Waals surface area (Å²) in [6.45, 7) is 6.03. The van der Waals surface area contributed by atoms with Crippen LogP contribution in [0, 0.1) is 22.7 Å². The molecule has 37 heavy (non-hydrogen) atoms. The van der Waals surface area contributed by atoms with Crippen molar-refractivity contribution in [2.75, 3.05) is 67.5 Å². The lowest BCUT2D eigenvalue weighted by atomic mass is 9.94. The van der Waals surface area contributed by atoms with Gasteiger partial charge < -0.3 is 31.4 Å².